The zero-order valence-corrected chi connectivity index (χ0v) is 8.06. The molecule has 0 aliphatic heterocycles. The molecule has 0 rings (SSSR count). The Hall–Kier alpha value is -0.520. The second-order valence-electron chi connectivity index (χ2n) is 2.92. The first-order chi connectivity index (χ1) is 5.31. The molecule has 0 N–H and O–H groups in total. The van der Waals surface area contributed by atoms with Gasteiger partial charge in [-0.1, -0.05) is 30.7 Å². The lowest BCUT2D eigenvalue weighted by molar-refractivity contribution is 0.826. The average molecular weight is 152 g/mol. The molecule has 0 heterocycles. The van der Waals surface area contributed by atoms with E-state index in [1.165, 1.54) is 31.3 Å². The Morgan fingerprint density at radius 2 is 2.09 bits per heavy atom. The van der Waals surface area contributed by atoms with E-state index >= 15 is 0 Å². The summed E-state index contributed by atoms with van der Waals surface area (Å²) >= 11 is 0. The molecule has 0 aromatic heterocycles. The molecule has 0 spiro atoms. The summed E-state index contributed by atoms with van der Waals surface area (Å²) in [5, 5.41) is 0. The van der Waals surface area contributed by atoms with E-state index < -0.39 is 0 Å². The highest BCUT2D eigenvalue weighted by Gasteiger charge is 1.87. The molecule has 0 aromatic carbocycles. The van der Waals surface area contributed by atoms with Crippen LogP contribution in [0.15, 0.2) is 23.8 Å². The minimum Gasteiger partial charge on any atom is -0.0917 e. The van der Waals surface area contributed by atoms with Crippen LogP contribution in [-0.4, -0.2) is 0 Å². The Morgan fingerprint density at radius 3 is 2.64 bits per heavy atom. The van der Waals surface area contributed by atoms with Crippen molar-refractivity contribution in [3.8, 4) is 0 Å². The zero-order valence-electron chi connectivity index (χ0n) is 8.06. The van der Waals surface area contributed by atoms with Gasteiger partial charge in [0.1, 0.15) is 0 Å². The summed E-state index contributed by atoms with van der Waals surface area (Å²) in [6, 6.07) is 0. The molecule has 0 fully saturated rings. The number of hydrogen-bond acceptors (Lipinski definition) is 0. The molecule has 0 atom stereocenters. The van der Waals surface area contributed by atoms with Gasteiger partial charge in [0.2, 0.25) is 0 Å². The quantitative estimate of drug-likeness (QED) is 0.411. The Bertz CT molecular complexity index is 129. The average Bonchev–Trinajstić information content (AvgIpc) is 1.99. The van der Waals surface area contributed by atoms with Crippen LogP contribution in [0.2, 0.25) is 0 Å². The van der Waals surface area contributed by atoms with Gasteiger partial charge in [0, 0.05) is 0 Å². The van der Waals surface area contributed by atoms with Crippen LogP contribution >= 0.6 is 0 Å². The van der Waals surface area contributed by atoms with Gasteiger partial charge in [0.15, 0.2) is 0 Å². The van der Waals surface area contributed by atoms with E-state index in [0.29, 0.717) is 0 Å². The first-order valence-electron chi connectivity index (χ1n) is 4.58. The highest BCUT2D eigenvalue weighted by atomic mass is 13.9. The van der Waals surface area contributed by atoms with Gasteiger partial charge in [-0.25, -0.2) is 0 Å². The molecule has 0 aromatic rings. The minimum absolute atomic E-state index is 1.18. The second-order valence-corrected chi connectivity index (χ2v) is 2.92. The number of rotatable bonds is 5. The van der Waals surface area contributed by atoms with Gasteiger partial charge >= 0.3 is 0 Å². The summed E-state index contributed by atoms with van der Waals surface area (Å²) in [5.74, 6) is 0. The molecule has 11 heavy (non-hydrogen) atoms. The van der Waals surface area contributed by atoms with E-state index in [-0.39, 0.29) is 0 Å². The molecule has 0 aliphatic rings. The van der Waals surface area contributed by atoms with Crippen LogP contribution in [0.5, 0.6) is 0 Å². The van der Waals surface area contributed by atoms with Gasteiger partial charge < -0.3 is 0 Å². The van der Waals surface area contributed by atoms with Crippen LogP contribution in [0.4, 0.5) is 0 Å². The molecule has 0 saturated heterocycles. The smallest absolute Gasteiger partial charge is 0.0320 e. The lowest BCUT2D eigenvalue weighted by Crippen LogP contribution is -1.76. The maximum absolute atomic E-state index is 2.32. The van der Waals surface area contributed by atoms with E-state index in [1.807, 2.05) is 0 Å². The summed E-state index contributed by atoms with van der Waals surface area (Å²) in [5.41, 5.74) is 1.54. The summed E-state index contributed by atoms with van der Waals surface area (Å²) in [7, 11) is 0. The van der Waals surface area contributed by atoms with Gasteiger partial charge in [0.05, 0.1) is 0 Å². The van der Waals surface area contributed by atoms with Crippen LogP contribution in [0.25, 0.3) is 0 Å². The van der Waals surface area contributed by atoms with Crippen LogP contribution in [-0.2, 0) is 0 Å². The van der Waals surface area contributed by atoms with Crippen LogP contribution in [0.3, 0.4) is 0 Å². The van der Waals surface area contributed by atoms with Gasteiger partial charge in [-0.3, -0.25) is 0 Å². The highest BCUT2D eigenvalue weighted by molar-refractivity contribution is 4.97. The second kappa shape index (κ2) is 7.59. The fourth-order valence-electron chi connectivity index (χ4n) is 1.12. The SMILES string of the molecule is CC=CCCCC(C)=CCC. The van der Waals surface area contributed by atoms with Crippen LogP contribution in [0, 0.1) is 0 Å². The van der Waals surface area contributed by atoms with Gasteiger partial charge in [0.25, 0.3) is 0 Å². The summed E-state index contributed by atoms with van der Waals surface area (Å²) in [6.07, 6.45) is 11.6. The standard InChI is InChI=1S/C11H20/c1-4-6-7-8-10-11(3)9-5-2/h4,6,9H,5,7-8,10H2,1-3H3. The van der Waals surface area contributed by atoms with Crippen molar-refractivity contribution in [1.29, 1.82) is 0 Å². The first kappa shape index (κ1) is 10.5. The monoisotopic (exact) mass is 152 g/mol. The van der Waals surface area contributed by atoms with Crippen molar-refractivity contribution >= 4 is 0 Å². The van der Waals surface area contributed by atoms with Crippen LogP contribution in [0.1, 0.15) is 46.5 Å². The predicted molar refractivity (Wildman–Crippen MR) is 52.7 cm³/mol. The molecule has 0 bridgehead atoms. The Kier molecular flexibility index (Phi) is 7.23. The lowest BCUT2D eigenvalue weighted by Gasteiger charge is -1.97. The van der Waals surface area contributed by atoms with Crippen molar-refractivity contribution in [2.75, 3.05) is 0 Å². The predicted octanol–water partition coefficient (Wildman–Crippen LogP) is 4.09. The zero-order chi connectivity index (χ0) is 8.53. The summed E-state index contributed by atoms with van der Waals surface area (Å²) in [6.45, 7) is 6.49. The van der Waals surface area contributed by atoms with E-state index in [1.54, 1.807) is 0 Å². The van der Waals surface area contributed by atoms with E-state index in [9.17, 15) is 0 Å². The van der Waals surface area contributed by atoms with Crippen molar-refractivity contribution in [2.45, 2.75) is 46.5 Å². The van der Waals surface area contributed by atoms with Crippen molar-refractivity contribution < 1.29 is 0 Å². The number of hydrogen-bond donors (Lipinski definition) is 0. The van der Waals surface area contributed by atoms with Crippen molar-refractivity contribution in [2.24, 2.45) is 0 Å². The normalized spacial score (nSPS) is 12.8. The van der Waals surface area contributed by atoms with E-state index in [0.717, 1.165) is 0 Å². The van der Waals surface area contributed by atoms with E-state index in [2.05, 4.69) is 39.0 Å². The maximum Gasteiger partial charge on any atom is -0.0320 e. The Labute approximate surface area is 71.0 Å². The number of unbranched alkanes of at least 4 members (excludes halogenated alkanes) is 1. The van der Waals surface area contributed by atoms with Gasteiger partial charge in [-0.2, -0.15) is 0 Å². The molecule has 0 unspecified atom stereocenters. The Morgan fingerprint density at radius 1 is 1.36 bits per heavy atom. The molecular formula is C11H20. The van der Waals surface area contributed by atoms with Gasteiger partial charge in [-0.15, -0.1) is 0 Å². The molecule has 64 valence electrons. The molecule has 0 aliphatic carbocycles. The molecule has 0 radical (unpaired) electrons. The Balaban J connectivity index is 3.31. The van der Waals surface area contributed by atoms with Crippen molar-refractivity contribution in [1.82, 2.24) is 0 Å². The fraction of sp³-hybridized carbons (Fsp3) is 0.636. The highest BCUT2D eigenvalue weighted by Crippen LogP contribution is 2.07. The summed E-state index contributed by atoms with van der Waals surface area (Å²) in [4.78, 5) is 0. The topological polar surface area (TPSA) is 0 Å². The molecule has 0 nitrogen and oxygen atoms in total. The van der Waals surface area contributed by atoms with E-state index in [4.69, 9.17) is 0 Å². The van der Waals surface area contributed by atoms with Crippen molar-refractivity contribution in [3.63, 3.8) is 0 Å². The number of allylic oxidation sites excluding steroid dienone is 4. The van der Waals surface area contributed by atoms with Crippen LogP contribution < -0.4 is 0 Å². The molecular weight excluding hydrogens is 132 g/mol. The first-order valence-corrected chi connectivity index (χ1v) is 4.58. The maximum atomic E-state index is 2.32. The third-order valence-corrected chi connectivity index (χ3v) is 1.73. The largest absolute Gasteiger partial charge is 0.0917 e. The minimum atomic E-state index is 1.18. The third-order valence-electron chi connectivity index (χ3n) is 1.73. The van der Waals surface area contributed by atoms with Gasteiger partial charge in [-0.05, 0) is 39.5 Å². The molecule has 0 heteroatoms. The molecule has 0 saturated carbocycles. The summed E-state index contributed by atoms with van der Waals surface area (Å²) < 4.78 is 0. The van der Waals surface area contributed by atoms with Crippen molar-refractivity contribution in [3.05, 3.63) is 23.8 Å². The lowest BCUT2D eigenvalue weighted by atomic mass is 10.1. The third kappa shape index (κ3) is 7.38. The molecule has 0 amide bonds. The fourth-order valence-corrected chi connectivity index (χ4v) is 1.12.